The lowest BCUT2D eigenvalue weighted by molar-refractivity contribution is -0.0436. The Labute approximate surface area is 205 Å². The standard InChI is InChI=1S/C23H20ClF3N4O3S/c24-18-3-1-17(2-4-18)22(32)29-21-13-16(9-10-28-21)14-30-11-12-31(15-30)19-5-7-20(8-6-19)35(33,34)23(25,26)27/h1-10,13H,11-12,14-15H2,(H,28,29,32). The maximum atomic E-state index is 12.7. The zero-order chi connectivity index (χ0) is 25.2. The van der Waals surface area contributed by atoms with Crippen molar-refractivity contribution in [2.45, 2.75) is 16.9 Å². The smallest absolute Gasteiger partial charge is 0.357 e. The summed E-state index contributed by atoms with van der Waals surface area (Å²) in [4.78, 5) is 19.9. The lowest BCUT2D eigenvalue weighted by atomic mass is 10.2. The highest BCUT2D eigenvalue weighted by molar-refractivity contribution is 7.92. The number of alkyl halides is 3. The Bertz CT molecular complexity index is 1320. The quantitative estimate of drug-likeness (QED) is 0.509. The van der Waals surface area contributed by atoms with Gasteiger partial charge in [-0.3, -0.25) is 9.69 Å². The van der Waals surface area contributed by atoms with Crippen LogP contribution in [0.1, 0.15) is 15.9 Å². The molecule has 2 heterocycles. The number of sulfone groups is 1. The first kappa shape index (κ1) is 25.0. The van der Waals surface area contributed by atoms with Gasteiger partial charge in [0.2, 0.25) is 0 Å². The fourth-order valence-electron chi connectivity index (χ4n) is 3.64. The Morgan fingerprint density at radius 2 is 1.71 bits per heavy atom. The molecule has 0 radical (unpaired) electrons. The first-order valence-corrected chi connectivity index (χ1v) is 12.3. The summed E-state index contributed by atoms with van der Waals surface area (Å²) in [5, 5.41) is 3.29. The molecule has 0 atom stereocenters. The Balaban J connectivity index is 1.37. The molecule has 1 amide bonds. The van der Waals surface area contributed by atoms with E-state index in [1.807, 2.05) is 11.0 Å². The molecule has 0 spiro atoms. The van der Waals surface area contributed by atoms with E-state index in [1.54, 1.807) is 36.5 Å². The molecule has 1 N–H and O–H groups in total. The maximum absolute atomic E-state index is 12.7. The van der Waals surface area contributed by atoms with E-state index >= 15 is 0 Å². The molecule has 1 saturated heterocycles. The Hall–Kier alpha value is -3.15. The van der Waals surface area contributed by atoms with Gasteiger partial charge in [0.15, 0.2) is 0 Å². The van der Waals surface area contributed by atoms with E-state index in [0.29, 0.717) is 48.4 Å². The van der Waals surface area contributed by atoms with Crippen LogP contribution in [0.4, 0.5) is 24.7 Å². The van der Waals surface area contributed by atoms with E-state index in [9.17, 15) is 26.4 Å². The normalized spacial score (nSPS) is 14.8. The molecule has 4 rings (SSSR count). The first-order valence-electron chi connectivity index (χ1n) is 10.4. The molecular formula is C23H20ClF3N4O3S. The zero-order valence-electron chi connectivity index (χ0n) is 18.2. The van der Waals surface area contributed by atoms with E-state index in [-0.39, 0.29) is 5.91 Å². The summed E-state index contributed by atoms with van der Waals surface area (Å²) in [5.41, 5.74) is -3.35. The Morgan fingerprint density at radius 1 is 1.03 bits per heavy atom. The highest BCUT2D eigenvalue weighted by Crippen LogP contribution is 2.31. The van der Waals surface area contributed by atoms with Crippen LogP contribution in [0.5, 0.6) is 0 Å². The lowest BCUT2D eigenvalue weighted by Gasteiger charge is -2.20. The number of aromatic nitrogens is 1. The van der Waals surface area contributed by atoms with E-state index in [1.165, 1.54) is 12.1 Å². The van der Waals surface area contributed by atoms with Crippen molar-refractivity contribution >= 4 is 38.9 Å². The minimum Gasteiger partial charge on any atom is -0.357 e. The predicted octanol–water partition coefficient (Wildman–Crippen LogP) is 4.56. The lowest BCUT2D eigenvalue weighted by Crippen LogP contribution is -2.25. The summed E-state index contributed by atoms with van der Waals surface area (Å²) in [6.45, 7) is 2.37. The van der Waals surface area contributed by atoms with Crippen LogP contribution in [0.15, 0.2) is 71.8 Å². The van der Waals surface area contributed by atoms with Crippen molar-refractivity contribution in [2.75, 3.05) is 30.0 Å². The monoisotopic (exact) mass is 524 g/mol. The minimum absolute atomic E-state index is 0.311. The van der Waals surface area contributed by atoms with Crippen LogP contribution in [0, 0.1) is 0 Å². The average molecular weight is 525 g/mol. The van der Waals surface area contributed by atoms with Crippen molar-refractivity contribution in [2.24, 2.45) is 0 Å². The highest BCUT2D eigenvalue weighted by atomic mass is 35.5. The molecule has 35 heavy (non-hydrogen) atoms. The summed E-state index contributed by atoms with van der Waals surface area (Å²) in [5.74, 6) is 0.0922. The van der Waals surface area contributed by atoms with Crippen molar-refractivity contribution in [1.82, 2.24) is 9.88 Å². The zero-order valence-corrected chi connectivity index (χ0v) is 19.7. The number of carbonyl (C=O) groups excluding carboxylic acids is 1. The number of rotatable bonds is 6. The molecular weight excluding hydrogens is 505 g/mol. The topological polar surface area (TPSA) is 82.6 Å². The van der Waals surface area contributed by atoms with Gasteiger partial charge in [-0.15, -0.1) is 0 Å². The van der Waals surface area contributed by atoms with Crippen LogP contribution in [0.3, 0.4) is 0 Å². The molecule has 0 aliphatic carbocycles. The fourth-order valence-corrected chi connectivity index (χ4v) is 4.53. The largest absolute Gasteiger partial charge is 0.501 e. The first-order chi connectivity index (χ1) is 16.5. The third-order valence-electron chi connectivity index (χ3n) is 5.45. The Morgan fingerprint density at radius 3 is 2.37 bits per heavy atom. The number of amides is 1. The van der Waals surface area contributed by atoms with Gasteiger partial charge in [-0.1, -0.05) is 11.6 Å². The maximum Gasteiger partial charge on any atom is 0.501 e. The minimum atomic E-state index is -5.37. The summed E-state index contributed by atoms with van der Waals surface area (Å²) in [7, 11) is -5.37. The van der Waals surface area contributed by atoms with Gasteiger partial charge in [0, 0.05) is 42.1 Å². The fraction of sp³-hybridized carbons (Fsp3) is 0.217. The molecule has 1 aliphatic rings. The molecule has 2 aromatic carbocycles. The van der Waals surface area contributed by atoms with Crippen LogP contribution in [-0.4, -0.2) is 49.5 Å². The van der Waals surface area contributed by atoms with Crippen LogP contribution in [0.2, 0.25) is 5.02 Å². The molecule has 3 aromatic rings. The molecule has 0 unspecified atom stereocenters. The molecule has 1 aromatic heterocycles. The van der Waals surface area contributed by atoms with Crippen LogP contribution >= 0.6 is 11.6 Å². The second-order valence-electron chi connectivity index (χ2n) is 7.91. The molecule has 7 nitrogen and oxygen atoms in total. The van der Waals surface area contributed by atoms with Crippen LogP contribution in [-0.2, 0) is 16.4 Å². The second kappa shape index (κ2) is 9.84. The van der Waals surface area contributed by atoms with Crippen molar-refractivity contribution in [3.8, 4) is 0 Å². The number of pyridine rings is 1. The third-order valence-corrected chi connectivity index (χ3v) is 7.21. The van der Waals surface area contributed by atoms with Crippen molar-refractivity contribution in [1.29, 1.82) is 0 Å². The molecule has 0 bridgehead atoms. The number of halogens is 4. The number of anilines is 2. The second-order valence-corrected chi connectivity index (χ2v) is 10.3. The molecule has 184 valence electrons. The molecule has 0 saturated carbocycles. The number of nitrogens with one attached hydrogen (secondary N) is 1. The predicted molar refractivity (Wildman–Crippen MR) is 126 cm³/mol. The van der Waals surface area contributed by atoms with Gasteiger partial charge in [0.1, 0.15) is 5.82 Å². The van der Waals surface area contributed by atoms with Gasteiger partial charge >= 0.3 is 5.51 Å². The summed E-state index contributed by atoms with van der Waals surface area (Å²) in [6, 6.07) is 14.8. The SMILES string of the molecule is O=C(Nc1cc(CN2CCN(c3ccc(S(=O)(=O)C(F)(F)F)cc3)C2)ccn1)c1ccc(Cl)cc1. The summed E-state index contributed by atoms with van der Waals surface area (Å²) < 4.78 is 61.3. The molecule has 1 aliphatic heterocycles. The summed E-state index contributed by atoms with van der Waals surface area (Å²) in [6.07, 6.45) is 1.60. The number of benzene rings is 2. The number of hydrogen-bond donors (Lipinski definition) is 1. The Kier molecular flexibility index (Phi) is 7.02. The van der Waals surface area contributed by atoms with Crippen LogP contribution < -0.4 is 10.2 Å². The van der Waals surface area contributed by atoms with Gasteiger partial charge in [0.05, 0.1) is 11.6 Å². The molecule has 1 fully saturated rings. The van der Waals surface area contributed by atoms with E-state index in [0.717, 1.165) is 17.7 Å². The van der Waals surface area contributed by atoms with E-state index in [4.69, 9.17) is 11.6 Å². The van der Waals surface area contributed by atoms with E-state index in [2.05, 4.69) is 15.2 Å². The molecule has 12 heteroatoms. The van der Waals surface area contributed by atoms with Gasteiger partial charge < -0.3 is 10.2 Å². The van der Waals surface area contributed by atoms with Gasteiger partial charge in [-0.2, -0.15) is 13.2 Å². The number of nitrogens with zero attached hydrogens (tertiary/aromatic N) is 3. The van der Waals surface area contributed by atoms with Crippen molar-refractivity contribution < 1.29 is 26.4 Å². The van der Waals surface area contributed by atoms with Gasteiger partial charge in [-0.05, 0) is 66.2 Å². The van der Waals surface area contributed by atoms with E-state index < -0.39 is 20.2 Å². The summed E-state index contributed by atoms with van der Waals surface area (Å²) >= 11 is 5.85. The average Bonchev–Trinajstić information content (AvgIpc) is 3.27. The van der Waals surface area contributed by atoms with Crippen LogP contribution in [0.25, 0.3) is 0 Å². The van der Waals surface area contributed by atoms with Crippen molar-refractivity contribution in [3.63, 3.8) is 0 Å². The van der Waals surface area contributed by atoms with Gasteiger partial charge in [0.25, 0.3) is 15.7 Å². The highest BCUT2D eigenvalue weighted by Gasteiger charge is 2.46. The number of carbonyl (C=O) groups is 1. The van der Waals surface area contributed by atoms with Crippen molar-refractivity contribution in [3.05, 3.63) is 83.0 Å². The van der Waals surface area contributed by atoms with Gasteiger partial charge in [-0.25, -0.2) is 13.4 Å². The third kappa shape index (κ3) is 5.75. The number of hydrogen-bond acceptors (Lipinski definition) is 6.